The molecular formula is C14H15F3N2O2. The Bertz CT molecular complexity index is 540. The zero-order valence-electron chi connectivity index (χ0n) is 11.4. The summed E-state index contributed by atoms with van der Waals surface area (Å²) in [6.45, 7) is 2.47. The second-order valence-corrected chi connectivity index (χ2v) is 5.00. The molecule has 0 saturated carbocycles. The molecule has 7 heteroatoms. The third kappa shape index (κ3) is 3.74. The van der Waals surface area contributed by atoms with Crippen molar-refractivity contribution in [3.05, 3.63) is 35.4 Å². The molecule has 1 unspecified atom stereocenters. The minimum absolute atomic E-state index is 0.0544. The van der Waals surface area contributed by atoms with Crippen molar-refractivity contribution in [2.45, 2.75) is 25.6 Å². The van der Waals surface area contributed by atoms with Crippen LogP contribution in [0.2, 0.25) is 0 Å². The van der Waals surface area contributed by atoms with E-state index in [4.69, 9.17) is 0 Å². The molecule has 0 aromatic heterocycles. The molecule has 0 spiro atoms. The van der Waals surface area contributed by atoms with Crippen LogP contribution in [0.15, 0.2) is 24.3 Å². The number of amides is 2. The molecule has 114 valence electrons. The molecule has 21 heavy (non-hydrogen) atoms. The lowest BCUT2D eigenvalue weighted by molar-refractivity contribution is -0.137. The molecule has 1 aromatic carbocycles. The van der Waals surface area contributed by atoms with Gasteiger partial charge in [-0.25, -0.2) is 0 Å². The number of carbonyl (C=O) groups is 2. The number of nitrogens with one attached hydrogen (secondary N) is 1. The third-order valence-electron chi connectivity index (χ3n) is 3.44. The number of hydrogen-bond acceptors (Lipinski definition) is 2. The molecule has 4 nitrogen and oxygen atoms in total. The summed E-state index contributed by atoms with van der Waals surface area (Å²) in [6, 6.07) is 3.89. The highest BCUT2D eigenvalue weighted by Crippen LogP contribution is 2.29. The van der Waals surface area contributed by atoms with Crippen molar-refractivity contribution >= 4 is 11.8 Å². The first-order valence-electron chi connectivity index (χ1n) is 6.51. The lowest BCUT2D eigenvalue weighted by atomic mass is 10.1. The monoisotopic (exact) mass is 300 g/mol. The molecule has 0 radical (unpaired) electrons. The SMILES string of the molecule is CC(=O)N1CCC(NC(=O)c2ccc(C(F)(F)F)cc2)C1. The van der Waals surface area contributed by atoms with Crippen LogP contribution in [0, 0.1) is 0 Å². The Kier molecular flexibility index (Phi) is 4.20. The molecule has 0 bridgehead atoms. The fourth-order valence-electron chi connectivity index (χ4n) is 2.24. The number of hydrogen-bond donors (Lipinski definition) is 1. The van der Waals surface area contributed by atoms with E-state index in [9.17, 15) is 22.8 Å². The second kappa shape index (κ2) is 5.75. The second-order valence-electron chi connectivity index (χ2n) is 5.00. The van der Waals surface area contributed by atoms with Crippen molar-refractivity contribution < 1.29 is 22.8 Å². The van der Waals surface area contributed by atoms with Crippen LogP contribution in [0.3, 0.4) is 0 Å². The van der Waals surface area contributed by atoms with Crippen LogP contribution in [0.5, 0.6) is 0 Å². The van der Waals surface area contributed by atoms with E-state index in [0.717, 1.165) is 24.3 Å². The first kappa shape index (κ1) is 15.3. The van der Waals surface area contributed by atoms with Crippen LogP contribution >= 0.6 is 0 Å². The van der Waals surface area contributed by atoms with E-state index in [1.807, 2.05) is 0 Å². The highest BCUT2D eigenvalue weighted by molar-refractivity contribution is 5.94. The number of carbonyl (C=O) groups excluding carboxylic acids is 2. The topological polar surface area (TPSA) is 49.4 Å². The Morgan fingerprint density at radius 2 is 1.86 bits per heavy atom. The van der Waals surface area contributed by atoms with Crippen molar-refractivity contribution in [2.24, 2.45) is 0 Å². The summed E-state index contributed by atoms with van der Waals surface area (Å²) in [7, 11) is 0. The predicted octanol–water partition coefficient (Wildman–Crippen LogP) is 2.06. The number of halogens is 3. The Hall–Kier alpha value is -2.05. The summed E-state index contributed by atoms with van der Waals surface area (Å²) >= 11 is 0. The van der Waals surface area contributed by atoms with Crippen molar-refractivity contribution in [3.63, 3.8) is 0 Å². The number of alkyl halides is 3. The molecule has 2 rings (SSSR count). The van der Waals surface area contributed by atoms with Gasteiger partial charge in [-0.15, -0.1) is 0 Å². The molecular weight excluding hydrogens is 285 g/mol. The summed E-state index contributed by atoms with van der Waals surface area (Å²) in [6.07, 6.45) is -3.77. The van der Waals surface area contributed by atoms with Gasteiger partial charge >= 0.3 is 6.18 Å². The number of likely N-dealkylation sites (tertiary alicyclic amines) is 1. The third-order valence-corrected chi connectivity index (χ3v) is 3.44. The first-order valence-corrected chi connectivity index (χ1v) is 6.51. The highest BCUT2D eigenvalue weighted by atomic mass is 19.4. The number of rotatable bonds is 2. The maximum absolute atomic E-state index is 12.4. The maximum atomic E-state index is 12.4. The van der Waals surface area contributed by atoms with Crippen LogP contribution in [-0.2, 0) is 11.0 Å². The van der Waals surface area contributed by atoms with Gasteiger partial charge in [0.25, 0.3) is 5.91 Å². The summed E-state index contributed by atoms with van der Waals surface area (Å²) in [5, 5.41) is 2.72. The standard InChI is InChI=1S/C14H15F3N2O2/c1-9(20)19-7-6-12(8-19)18-13(21)10-2-4-11(5-3-10)14(15,16)17/h2-5,12H,6-8H2,1H3,(H,18,21). The predicted molar refractivity (Wildman–Crippen MR) is 69.6 cm³/mol. The van der Waals surface area contributed by atoms with E-state index >= 15 is 0 Å². The van der Waals surface area contributed by atoms with E-state index in [1.165, 1.54) is 6.92 Å². The van der Waals surface area contributed by atoms with Gasteiger partial charge in [0.1, 0.15) is 0 Å². The number of benzene rings is 1. The van der Waals surface area contributed by atoms with Gasteiger partial charge in [0, 0.05) is 31.6 Å². The molecule has 2 amide bonds. The average molecular weight is 300 g/mol. The van der Waals surface area contributed by atoms with E-state index in [-0.39, 0.29) is 17.5 Å². The van der Waals surface area contributed by atoms with E-state index < -0.39 is 17.6 Å². The highest BCUT2D eigenvalue weighted by Gasteiger charge is 2.30. The first-order chi connectivity index (χ1) is 9.77. The van der Waals surface area contributed by atoms with Gasteiger partial charge in [-0.2, -0.15) is 13.2 Å². The van der Waals surface area contributed by atoms with Crippen LogP contribution in [0.4, 0.5) is 13.2 Å². The summed E-state index contributed by atoms with van der Waals surface area (Å²) < 4.78 is 37.3. The lowest BCUT2D eigenvalue weighted by Crippen LogP contribution is -2.38. The Balaban J connectivity index is 1.97. The minimum atomic E-state index is -4.41. The molecule has 1 aromatic rings. The fourth-order valence-corrected chi connectivity index (χ4v) is 2.24. The largest absolute Gasteiger partial charge is 0.416 e. The van der Waals surface area contributed by atoms with Gasteiger partial charge in [-0.3, -0.25) is 9.59 Å². The van der Waals surface area contributed by atoms with Crippen molar-refractivity contribution in [1.82, 2.24) is 10.2 Å². The van der Waals surface area contributed by atoms with Crippen LogP contribution < -0.4 is 5.32 Å². The van der Waals surface area contributed by atoms with Crippen LogP contribution in [0.1, 0.15) is 29.3 Å². The van der Waals surface area contributed by atoms with Crippen molar-refractivity contribution in [3.8, 4) is 0 Å². The summed E-state index contributed by atoms with van der Waals surface area (Å²) in [5.74, 6) is -0.486. The van der Waals surface area contributed by atoms with E-state index in [2.05, 4.69) is 5.32 Å². The van der Waals surface area contributed by atoms with Gasteiger partial charge < -0.3 is 10.2 Å². The molecule has 1 N–H and O–H groups in total. The quantitative estimate of drug-likeness (QED) is 0.909. The molecule has 1 aliphatic heterocycles. The molecule has 1 atom stereocenters. The maximum Gasteiger partial charge on any atom is 0.416 e. The number of nitrogens with zero attached hydrogens (tertiary/aromatic N) is 1. The van der Waals surface area contributed by atoms with Crippen LogP contribution in [-0.4, -0.2) is 35.8 Å². The van der Waals surface area contributed by atoms with Gasteiger partial charge in [0.15, 0.2) is 0 Å². The molecule has 1 aliphatic rings. The smallest absolute Gasteiger partial charge is 0.347 e. The van der Waals surface area contributed by atoms with Gasteiger partial charge in [0.2, 0.25) is 5.91 Å². The van der Waals surface area contributed by atoms with Gasteiger partial charge in [-0.05, 0) is 30.7 Å². The summed E-state index contributed by atoms with van der Waals surface area (Å²) in [5.41, 5.74) is -0.619. The Labute approximate surface area is 119 Å². The van der Waals surface area contributed by atoms with Crippen molar-refractivity contribution in [1.29, 1.82) is 0 Å². The van der Waals surface area contributed by atoms with Gasteiger partial charge in [0.05, 0.1) is 5.56 Å². The lowest BCUT2D eigenvalue weighted by Gasteiger charge is -2.15. The molecule has 1 heterocycles. The normalized spacial score (nSPS) is 18.7. The zero-order chi connectivity index (χ0) is 15.6. The van der Waals surface area contributed by atoms with E-state index in [0.29, 0.717) is 19.5 Å². The summed E-state index contributed by atoms with van der Waals surface area (Å²) in [4.78, 5) is 24.8. The van der Waals surface area contributed by atoms with Crippen LogP contribution in [0.25, 0.3) is 0 Å². The molecule has 0 aliphatic carbocycles. The average Bonchev–Trinajstić information content (AvgIpc) is 2.86. The van der Waals surface area contributed by atoms with E-state index in [1.54, 1.807) is 4.90 Å². The Morgan fingerprint density at radius 1 is 1.24 bits per heavy atom. The fraction of sp³-hybridized carbons (Fsp3) is 0.429. The van der Waals surface area contributed by atoms with Gasteiger partial charge in [-0.1, -0.05) is 0 Å². The minimum Gasteiger partial charge on any atom is -0.347 e. The van der Waals surface area contributed by atoms with Crippen molar-refractivity contribution in [2.75, 3.05) is 13.1 Å². The Morgan fingerprint density at radius 3 is 2.33 bits per heavy atom. The molecule has 1 saturated heterocycles. The molecule has 1 fully saturated rings. The zero-order valence-corrected chi connectivity index (χ0v) is 11.4.